The zero-order chi connectivity index (χ0) is 20.1. The lowest BCUT2D eigenvalue weighted by Gasteiger charge is -2.04. The molecule has 27 heavy (non-hydrogen) atoms. The Bertz CT molecular complexity index is 1120. The summed E-state index contributed by atoms with van der Waals surface area (Å²) >= 11 is 7.59. The van der Waals surface area contributed by atoms with Gasteiger partial charge in [0.15, 0.2) is 5.13 Å². The van der Waals surface area contributed by atoms with Gasteiger partial charge in [-0.05, 0) is 36.4 Å². The summed E-state index contributed by atoms with van der Waals surface area (Å²) in [6, 6.07) is 12.7. The first-order valence-electron chi connectivity index (χ1n) is 6.96. The second kappa shape index (κ2) is 9.48. The zero-order valence-corrected chi connectivity index (χ0v) is 19.6. The summed E-state index contributed by atoms with van der Waals surface area (Å²) in [5.41, 5.74) is 0. The minimum Gasteiger partial charge on any atom is -0.255 e. The number of rotatable bonds is 4. The third-order valence-corrected chi connectivity index (χ3v) is 7.33. The first kappa shape index (κ1) is 22.3. The van der Waals surface area contributed by atoms with Gasteiger partial charge in [-0.2, -0.15) is 0 Å². The van der Waals surface area contributed by atoms with Crippen LogP contribution in [0.2, 0.25) is 0 Å². The van der Waals surface area contributed by atoms with Crippen molar-refractivity contribution in [3.05, 3.63) is 69.1 Å². The van der Waals surface area contributed by atoms with Crippen molar-refractivity contribution >= 4 is 78.1 Å². The van der Waals surface area contributed by atoms with Crippen LogP contribution in [-0.2, 0) is 19.1 Å². The van der Waals surface area contributed by atoms with Gasteiger partial charge in [0.1, 0.15) is 0 Å². The Hall–Kier alpha value is -0.980. The average molecular weight is 575 g/mol. The van der Waals surface area contributed by atoms with Crippen molar-refractivity contribution < 1.29 is 16.8 Å². The molecule has 0 aliphatic carbocycles. The fraction of sp³-hybridized carbons (Fsp3) is 0. The summed E-state index contributed by atoms with van der Waals surface area (Å²) in [5, 5.41) is 2.07. The predicted molar refractivity (Wildman–Crippen MR) is 114 cm³/mol. The van der Waals surface area contributed by atoms with Crippen LogP contribution in [0.15, 0.2) is 78.8 Å². The molecule has 0 aliphatic heterocycles. The smallest absolute Gasteiger partial charge is 0.255 e. The largest absolute Gasteiger partial charge is 0.263 e. The van der Waals surface area contributed by atoms with Crippen molar-refractivity contribution in [3.63, 3.8) is 0 Å². The quantitative estimate of drug-likeness (QED) is 0.439. The Labute approximate surface area is 182 Å². The average Bonchev–Trinajstić information content (AvgIpc) is 3.07. The molecule has 0 spiro atoms. The van der Waals surface area contributed by atoms with Crippen LogP contribution in [0.4, 0.5) is 5.13 Å². The molecule has 1 aromatic heterocycles. The molecule has 0 atom stereocenters. The van der Waals surface area contributed by atoms with E-state index in [0.29, 0.717) is 9.60 Å². The van der Waals surface area contributed by atoms with E-state index in [-0.39, 0.29) is 9.79 Å². The molecule has 3 rings (SSSR count). The minimum absolute atomic E-state index is 0.105. The number of hydrogen-bond donors (Lipinski definition) is 1. The third-order valence-electron chi connectivity index (χ3n) is 2.84. The third kappa shape index (κ3) is 7.16. The van der Waals surface area contributed by atoms with E-state index in [0.717, 1.165) is 4.47 Å². The topological polar surface area (TPSA) is 93.2 Å². The number of nitrogens with zero attached hydrogens (tertiary/aromatic N) is 1. The normalized spacial score (nSPS) is 11.4. The molecule has 2 aromatic carbocycles. The molecule has 6 nitrogen and oxygen atoms in total. The van der Waals surface area contributed by atoms with Gasteiger partial charge in [0.25, 0.3) is 19.1 Å². The van der Waals surface area contributed by atoms with Crippen molar-refractivity contribution in [2.24, 2.45) is 0 Å². The number of benzene rings is 2. The van der Waals surface area contributed by atoms with E-state index in [2.05, 4.69) is 41.6 Å². The van der Waals surface area contributed by atoms with E-state index in [1.807, 2.05) is 0 Å². The molecule has 0 saturated carbocycles. The van der Waals surface area contributed by atoms with E-state index < -0.39 is 19.1 Å². The molecule has 0 unspecified atom stereocenters. The molecule has 0 radical (unpaired) electrons. The van der Waals surface area contributed by atoms with E-state index in [9.17, 15) is 16.8 Å². The van der Waals surface area contributed by atoms with Gasteiger partial charge >= 0.3 is 0 Å². The van der Waals surface area contributed by atoms with Gasteiger partial charge in [-0.1, -0.05) is 44.0 Å². The maximum Gasteiger partial charge on any atom is 0.263 e. The Morgan fingerprint density at radius 2 is 1.48 bits per heavy atom. The van der Waals surface area contributed by atoms with E-state index in [1.165, 1.54) is 35.6 Å². The fourth-order valence-electron chi connectivity index (χ4n) is 1.70. The van der Waals surface area contributed by atoms with Gasteiger partial charge in [-0.25, -0.2) is 21.8 Å². The van der Waals surface area contributed by atoms with Crippen LogP contribution in [0, 0.1) is 0 Å². The maximum atomic E-state index is 11.9. The lowest BCUT2D eigenvalue weighted by atomic mass is 10.4. The van der Waals surface area contributed by atoms with E-state index in [4.69, 9.17) is 10.7 Å². The highest BCUT2D eigenvalue weighted by atomic mass is 79.9. The number of anilines is 1. The van der Waals surface area contributed by atoms with E-state index >= 15 is 0 Å². The number of aromatic nitrogens is 1. The predicted octanol–water partition coefficient (Wildman–Crippen LogP) is 5.08. The number of halogens is 3. The first-order valence-corrected chi connectivity index (χ1v) is 13.2. The van der Waals surface area contributed by atoms with Crippen molar-refractivity contribution in [3.8, 4) is 0 Å². The van der Waals surface area contributed by atoms with E-state index in [1.54, 1.807) is 35.8 Å². The summed E-state index contributed by atoms with van der Waals surface area (Å²) in [5.74, 6) is 0. The molecular formula is C15H11Br2ClN2O4S3. The number of nitrogens with one attached hydrogen (secondary N) is 1. The van der Waals surface area contributed by atoms with Crippen molar-refractivity contribution in [2.45, 2.75) is 9.79 Å². The second-order valence-electron chi connectivity index (χ2n) is 4.80. The summed E-state index contributed by atoms with van der Waals surface area (Å²) in [6.45, 7) is 0. The van der Waals surface area contributed by atoms with Crippen LogP contribution < -0.4 is 4.72 Å². The van der Waals surface area contributed by atoms with Crippen LogP contribution in [0.25, 0.3) is 0 Å². The monoisotopic (exact) mass is 572 g/mol. The number of sulfonamides is 1. The van der Waals surface area contributed by atoms with Crippen LogP contribution in [0.1, 0.15) is 0 Å². The number of hydrogen-bond acceptors (Lipinski definition) is 6. The molecule has 0 bridgehead atoms. The highest BCUT2D eigenvalue weighted by Gasteiger charge is 2.15. The van der Waals surface area contributed by atoms with Crippen molar-refractivity contribution in [1.82, 2.24) is 4.98 Å². The number of thiazole rings is 1. The first-order chi connectivity index (χ1) is 12.6. The summed E-state index contributed by atoms with van der Waals surface area (Å²) in [7, 11) is -2.04. The SMILES string of the molecule is O=S(=O)(Cl)c1cccc(Br)c1.O=S(=O)(Nc1nccs1)c1cccc(Br)c1. The fourth-order valence-corrected chi connectivity index (χ4v) is 5.43. The molecule has 144 valence electrons. The maximum absolute atomic E-state index is 11.9. The molecule has 1 N–H and O–H groups in total. The van der Waals surface area contributed by atoms with Crippen LogP contribution >= 0.6 is 53.9 Å². The molecule has 0 aliphatic rings. The Morgan fingerprint density at radius 3 is 1.93 bits per heavy atom. The van der Waals surface area contributed by atoms with Gasteiger partial charge in [0.05, 0.1) is 9.79 Å². The molecule has 0 saturated heterocycles. The van der Waals surface area contributed by atoms with Crippen molar-refractivity contribution in [2.75, 3.05) is 4.72 Å². The molecule has 12 heteroatoms. The lowest BCUT2D eigenvalue weighted by molar-refractivity contribution is 0.601. The molecule has 0 fully saturated rings. The minimum atomic E-state index is -3.58. The zero-order valence-electron chi connectivity index (χ0n) is 13.2. The summed E-state index contributed by atoms with van der Waals surface area (Å²) < 4.78 is 49.0. The summed E-state index contributed by atoms with van der Waals surface area (Å²) in [4.78, 5) is 4.18. The Morgan fingerprint density at radius 1 is 0.926 bits per heavy atom. The van der Waals surface area contributed by atoms with Crippen LogP contribution in [-0.4, -0.2) is 21.8 Å². The van der Waals surface area contributed by atoms with Gasteiger partial charge in [0.2, 0.25) is 0 Å². The molecule has 1 heterocycles. The van der Waals surface area contributed by atoms with Gasteiger partial charge in [-0.3, -0.25) is 4.72 Å². The van der Waals surface area contributed by atoms with Gasteiger partial charge in [0, 0.05) is 31.2 Å². The lowest BCUT2D eigenvalue weighted by Crippen LogP contribution is -2.12. The molecular weight excluding hydrogens is 564 g/mol. The molecule has 0 amide bonds. The van der Waals surface area contributed by atoms with Crippen molar-refractivity contribution in [1.29, 1.82) is 0 Å². The highest BCUT2D eigenvalue weighted by molar-refractivity contribution is 9.10. The highest BCUT2D eigenvalue weighted by Crippen LogP contribution is 2.21. The van der Waals surface area contributed by atoms with Crippen LogP contribution in [0.5, 0.6) is 0 Å². The summed E-state index contributed by atoms with van der Waals surface area (Å²) in [6.07, 6.45) is 1.55. The van der Waals surface area contributed by atoms with Gasteiger partial charge in [-0.15, -0.1) is 11.3 Å². The van der Waals surface area contributed by atoms with Crippen LogP contribution in [0.3, 0.4) is 0 Å². The Kier molecular flexibility index (Phi) is 7.83. The second-order valence-corrected chi connectivity index (χ2v) is 11.8. The molecule has 3 aromatic rings. The van der Waals surface area contributed by atoms with Gasteiger partial charge < -0.3 is 0 Å². The standard InChI is InChI=1S/C9H7BrN2O2S2.C6H4BrClO2S/c10-7-2-1-3-8(6-7)16(13,14)12-9-11-4-5-15-9;7-5-2-1-3-6(4-5)11(8,9)10/h1-6H,(H,11,12);1-4H. The Balaban J connectivity index is 0.000000208.